The first kappa shape index (κ1) is 17.5. The molecule has 5 nitrogen and oxygen atoms in total. The number of rotatable bonds is 5. The average molecular weight is 350 g/mol. The predicted octanol–water partition coefficient (Wildman–Crippen LogP) is 3.43. The smallest absolute Gasteiger partial charge is 0.244 e. The first-order valence-electron chi connectivity index (χ1n) is 8.21. The fraction of sp³-hybridized carbons (Fsp3) is 0.150. The molecule has 0 atom stereocenters. The minimum Gasteiger partial charge on any atom is -0.348 e. The molecular formula is C20H19FN4O. The van der Waals surface area contributed by atoms with Crippen LogP contribution in [-0.4, -0.2) is 20.4 Å². The number of carbonyl (C=O) groups excluding carboxylic acids is 1. The van der Waals surface area contributed by atoms with Gasteiger partial charge >= 0.3 is 0 Å². The molecule has 1 aromatic carbocycles. The number of imidazole rings is 1. The molecule has 0 bridgehead atoms. The summed E-state index contributed by atoms with van der Waals surface area (Å²) in [6.07, 6.45) is 6.67. The van der Waals surface area contributed by atoms with Gasteiger partial charge in [0.2, 0.25) is 5.91 Å². The van der Waals surface area contributed by atoms with E-state index < -0.39 is 0 Å². The van der Waals surface area contributed by atoms with Crippen molar-refractivity contribution in [3.63, 3.8) is 0 Å². The Bertz CT molecular complexity index is 944. The summed E-state index contributed by atoms with van der Waals surface area (Å²) in [5.74, 6) is 1.00. The molecule has 132 valence electrons. The molecule has 0 unspecified atom stereocenters. The molecule has 0 saturated heterocycles. The highest BCUT2D eigenvalue weighted by Gasteiger charge is 2.06. The van der Waals surface area contributed by atoms with E-state index in [4.69, 9.17) is 0 Å². The zero-order valence-electron chi connectivity index (χ0n) is 14.6. The van der Waals surface area contributed by atoms with Gasteiger partial charge in [-0.25, -0.2) is 14.4 Å². The van der Waals surface area contributed by atoms with Gasteiger partial charge in [0.1, 0.15) is 17.5 Å². The third kappa shape index (κ3) is 4.03. The molecule has 0 radical (unpaired) electrons. The van der Waals surface area contributed by atoms with Crippen LogP contribution in [0.4, 0.5) is 4.39 Å². The van der Waals surface area contributed by atoms with Crippen LogP contribution in [0.2, 0.25) is 0 Å². The van der Waals surface area contributed by atoms with Crippen LogP contribution in [-0.2, 0) is 11.3 Å². The van der Waals surface area contributed by atoms with Gasteiger partial charge in [-0.2, -0.15) is 0 Å². The van der Waals surface area contributed by atoms with E-state index in [0.717, 1.165) is 17.2 Å². The van der Waals surface area contributed by atoms with Crippen molar-refractivity contribution in [1.29, 1.82) is 0 Å². The number of amides is 1. The summed E-state index contributed by atoms with van der Waals surface area (Å²) in [4.78, 5) is 20.6. The van der Waals surface area contributed by atoms with Crippen molar-refractivity contribution in [2.24, 2.45) is 0 Å². The number of pyridine rings is 1. The Morgan fingerprint density at radius 3 is 2.69 bits per heavy atom. The third-order valence-electron chi connectivity index (χ3n) is 3.99. The van der Waals surface area contributed by atoms with Crippen LogP contribution in [0.25, 0.3) is 11.4 Å². The molecule has 0 aliphatic rings. The first-order chi connectivity index (χ1) is 12.5. The Hall–Kier alpha value is -3.28. The molecule has 0 fully saturated rings. The summed E-state index contributed by atoms with van der Waals surface area (Å²) in [6, 6.07) is 10.2. The van der Waals surface area contributed by atoms with Crippen molar-refractivity contribution in [3.05, 3.63) is 83.8 Å². The molecule has 1 N–H and O–H groups in total. The maximum absolute atomic E-state index is 13.7. The Kier molecular flexibility index (Phi) is 5.22. The Morgan fingerprint density at radius 1 is 1.23 bits per heavy atom. The SMILES string of the molecule is C/C(=C/C(=O)NCc1ccc(-n2ccnc2C)nc1)c1ccccc1F. The van der Waals surface area contributed by atoms with E-state index in [0.29, 0.717) is 17.7 Å². The van der Waals surface area contributed by atoms with Gasteiger partial charge in [0.25, 0.3) is 0 Å². The summed E-state index contributed by atoms with van der Waals surface area (Å²) in [5.41, 5.74) is 1.87. The lowest BCUT2D eigenvalue weighted by Gasteiger charge is -2.07. The van der Waals surface area contributed by atoms with E-state index in [1.165, 1.54) is 12.1 Å². The monoisotopic (exact) mass is 350 g/mol. The van der Waals surface area contributed by atoms with Gasteiger partial charge in [0.05, 0.1) is 0 Å². The summed E-state index contributed by atoms with van der Waals surface area (Å²) >= 11 is 0. The molecular weight excluding hydrogens is 331 g/mol. The van der Waals surface area contributed by atoms with Gasteiger partial charge in [-0.1, -0.05) is 24.3 Å². The summed E-state index contributed by atoms with van der Waals surface area (Å²) in [7, 11) is 0. The number of benzene rings is 1. The number of hydrogen-bond acceptors (Lipinski definition) is 3. The van der Waals surface area contributed by atoms with E-state index in [9.17, 15) is 9.18 Å². The topological polar surface area (TPSA) is 59.8 Å². The molecule has 1 amide bonds. The maximum Gasteiger partial charge on any atom is 0.244 e. The van der Waals surface area contributed by atoms with Gasteiger partial charge in [0, 0.05) is 36.8 Å². The van der Waals surface area contributed by atoms with Crippen molar-refractivity contribution in [2.75, 3.05) is 0 Å². The summed E-state index contributed by atoms with van der Waals surface area (Å²) in [6.45, 7) is 3.96. The van der Waals surface area contributed by atoms with Crippen LogP contribution in [0.1, 0.15) is 23.9 Å². The molecule has 2 aromatic heterocycles. The largest absolute Gasteiger partial charge is 0.348 e. The van der Waals surface area contributed by atoms with Crippen molar-refractivity contribution in [1.82, 2.24) is 19.9 Å². The second kappa shape index (κ2) is 7.74. The van der Waals surface area contributed by atoms with Crippen LogP contribution in [0.3, 0.4) is 0 Å². The lowest BCUT2D eigenvalue weighted by atomic mass is 10.1. The standard InChI is InChI=1S/C20H19FN4O/c1-14(17-5-3-4-6-18(17)21)11-20(26)24-13-16-7-8-19(23-12-16)25-10-9-22-15(25)2/h3-12H,13H2,1-2H3,(H,24,26)/b14-11-. The fourth-order valence-electron chi connectivity index (χ4n) is 2.58. The molecule has 6 heteroatoms. The highest BCUT2D eigenvalue weighted by atomic mass is 19.1. The van der Waals surface area contributed by atoms with Crippen LogP contribution in [0.15, 0.2) is 61.1 Å². The van der Waals surface area contributed by atoms with E-state index in [1.54, 1.807) is 37.5 Å². The number of nitrogens with zero attached hydrogens (tertiary/aromatic N) is 3. The van der Waals surface area contributed by atoms with Crippen LogP contribution >= 0.6 is 0 Å². The Morgan fingerprint density at radius 2 is 2.04 bits per heavy atom. The van der Waals surface area contributed by atoms with Crippen LogP contribution < -0.4 is 5.32 Å². The maximum atomic E-state index is 13.7. The van der Waals surface area contributed by atoms with E-state index in [2.05, 4.69) is 15.3 Å². The molecule has 3 rings (SSSR count). The number of allylic oxidation sites excluding steroid dienone is 1. The third-order valence-corrected chi connectivity index (χ3v) is 3.99. The number of carbonyl (C=O) groups is 1. The van der Waals surface area contributed by atoms with Gasteiger partial charge in [-0.3, -0.25) is 9.36 Å². The average Bonchev–Trinajstić information content (AvgIpc) is 3.06. The van der Waals surface area contributed by atoms with E-state index in [-0.39, 0.29) is 11.7 Å². The second-order valence-corrected chi connectivity index (χ2v) is 5.89. The van der Waals surface area contributed by atoms with Crippen molar-refractivity contribution >= 4 is 11.5 Å². The zero-order chi connectivity index (χ0) is 18.5. The number of aromatic nitrogens is 3. The quantitative estimate of drug-likeness (QED) is 0.717. The normalized spacial score (nSPS) is 11.4. The van der Waals surface area contributed by atoms with E-state index >= 15 is 0 Å². The van der Waals surface area contributed by atoms with Crippen LogP contribution in [0.5, 0.6) is 0 Å². The van der Waals surface area contributed by atoms with E-state index in [1.807, 2.05) is 29.8 Å². The zero-order valence-corrected chi connectivity index (χ0v) is 14.6. The molecule has 26 heavy (non-hydrogen) atoms. The lowest BCUT2D eigenvalue weighted by molar-refractivity contribution is -0.116. The number of aryl methyl sites for hydroxylation is 1. The van der Waals surface area contributed by atoms with Crippen molar-refractivity contribution in [2.45, 2.75) is 20.4 Å². The number of halogens is 1. The first-order valence-corrected chi connectivity index (χ1v) is 8.21. The molecule has 0 saturated carbocycles. The predicted molar refractivity (Wildman–Crippen MR) is 98.0 cm³/mol. The van der Waals surface area contributed by atoms with Gasteiger partial charge in [-0.15, -0.1) is 0 Å². The second-order valence-electron chi connectivity index (χ2n) is 5.89. The highest BCUT2D eigenvalue weighted by Crippen LogP contribution is 2.17. The van der Waals surface area contributed by atoms with Gasteiger partial charge < -0.3 is 5.32 Å². The number of hydrogen-bond donors (Lipinski definition) is 1. The molecule has 0 spiro atoms. The summed E-state index contributed by atoms with van der Waals surface area (Å²) in [5, 5.41) is 2.79. The van der Waals surface area contributed by atoms with Gasteiger partial charge in [0.15, 0.2) is 0 Å². The highest BCUT2D eigenvalue weighted by molar-refractivity contribution is 5.94. The summed E-state index contributed by atoms with van der Waals surface area (Å²) < 4.78 is 15.6. The minimum absolute atomic E-state index is 0.278. The Labute approximate surface area is 151 Å². The fourth-order valence-corrected chi connectivity index (χ4v) is 2.58. The molecule has 2 heterocycles. The van der Waals surface area contributed by atoms with Crippen molar-refractivity contribution in [3.8, 4) is 5.82 Å². The van der Waals surface area contributed by atoms with Crippen molar-refractivity contribution < 1.29 is 9.18 Å². The molecule has 3 aromatic rings. The molecule has 0 aliphatic heterocycles. The van der Waals surface area contributed by atoms with Gasteiger partial charge in [-0.05, 0) is 37.1 Å². The van der Waals surface area contributed by atoms with Crippen LogP contribution in [0, 0.1) is 12.7 Å². The number of nitrogens with one attached hydrogen (secondary N) is 1. The Balaban J connectivity index is 1.62. The minimum atomic E-state index is -0.344. The lowest BCUT2D eigenvalue weighted by Crippen LogP contribution is -2.20. The molecule has 0 aliphatic carbocycles.